The molecule has 1 aliphatic rings. The molecule has 1 unspecified atom stereocenters. The molecule has 2 aromatic carbocycles. The summed E-state index contributed by atoms with van der Waals surface area (Å²) < 4.78 is 17.6. The molecule has 1 N–H and O–H groups in total. The van der Waals surface area contributed by atoms with Gasteiger partial charge in [0.1, 0.15) is 5.82 Å². The third-order valence-electron chi connectivity index (χ3n) is 5.98. The molecule has 0 saturated heterocycles. The van der Waals surface area contributed by atoms with Gasteiger partial charge in [0.2, 0.25) is 0 Å². The number of para-hydroxylation sites is 1. The summed E-state index contributed by atoms with van der Waals surface area (Å²) in [7, 11) is 0. The fraction of sp³-hybridized carbons (Fsp3) is 0.250. The molecule has 30 heavy (non-hydrogen) atoms. The van der Waals surface area contributed by atoms with Gasteiger partial charge in [-0.2, -0.15) is 0 Å². The molecular formula is C24H23FN4O. The van der Waals surface area contributed by atoms with E-state index in [1.54, 1.807) is 18.3 Å². The number of fused-ring (bicyclic) bond motifs is 3. The van der Waals surface area contributed by atoms with Crippen molar-refractivity contribution in [2.45, 2.75) is 38.3 Å². The van der Waals surface area contributed by atoms with Crippen LogP contribution in [0.1, 0.15) is 35.0 Å². The monoisotopic (exact) mass is 402 g/mol. The van der Waals surface area contributed by atoms with E-state index in [9.17, 15) is 9.50 Å². The number of allylic oxidation sites excluding steroid dienone is 1. The summed E-state index contributed by atoms with van der Waals surface area (Å²) in [5.41, 5.74) is 5.67. The lowest BCUT2D eigenvalue weighted by Gasteiger charge is -2.27. The zero-order chi connectivity index (χ0) is 20.7. The zero-order valence-corrected chi connectivity index (χ0v) is 16.6. The van der Waals surface area contributed by atoms with Gasteiger partial charge in [-0.15, -0.1) is 5.10 Å². The molecule has 1 atom stereocenters. The smallest absolute Gasteiger partial charge is 0.123 e. The molecule has 1 aliphatic heterocycles. The van der Waals surface area contributed by atoms with Crippen molar-refractivity contribution in [2.24, 2.45) is 0 Å². The highest BCUT2D eigenvalue weighted by Crippen LogP contribution is 2.35. The van der Waals surface area contributed by atoms with Crippen LogP contribution in [0.15, 0.2) is 67.1 Å². The van der Waals surface area contributed by atoms with Gasteiger partial charge in [0.05, 0.1) is 23.7 Å². The summed E-state index contributed by atoms with van der Waals surface area (Å²) in [5.74, 6) is -0.0415. The lowest BCUT2D eigenvalue weighted by molar-refractivity contribution is 0.328. The fourth-order valence-electron chi connectivity index (χ4n) is 4.64. The van der Waals surface area contributed by atoms with Gasteiger partial charge in [0.15, 0.2) is 0 Å². The van der Waals surface area contributed by atoms with Gasteiger partial charge in [-0.1, -0.05) is 42.1 Å². The second-order valence-corrected chi connectivity index (χ2v) is 7.96. The summed E-state index contributed by atoms with van der Waals surface area (Å²) in [5, 5.41) is 19.6. The maximum absolute atomic E-state index is 13.2. The van der Waals surface area contributed by atoms with Crippen molar-refractivity contribution in [3.63, 3.8) is 0 Å². The molecule has 0 bridgehead atoms. The standard InChI is InChI=1S/C24H23FN4O/c1-16(30)12-22-21-4-2-3-5-23(21)28-15-19(10-11-24(22)28)29-20(14-26-27-29)13-17-6-8-18(25)9-7-17/h2-9,14,19,30H,1,10-13,15H2. The number of hydrogen-bond acceptors (Lipinski definition) is 3. The van der Waals surface area contributed by atoms with E-state index >= 15 is 0 Å². The van der Waals surface area contributed by atoms with Gasteiger partial charge in [-0.05, 0) is 42.2 Å². The number of nitrogens with zero attached hydrogens (tertiary/aromatic N) is 4. The Labute approximate surface area is 174 Å². The molecular weight excluding hydrogens is 379 g/mol. The largest absolute Gasteiger partial charge is 0.513 e. The SMILES string of the molecule is C=C(O)Cc1c2n(c3ccccc13)CC(n1nncc1Cc1ccc(F)cc1)CC2. The Morgan fingerprint density at radius 1 is 1.17 bits per heavy atom. The van der Waals surface area contributed by atoms with Crippen molar-refractivity contribution in [1.82, 2.24) is 19.6 Å². The number of aliphatic hydroxyl groups excluding tert-OH is 1. The van der Waals surface area contributed by atoms with E-state index < -0.39 is 0 Å². The van der Waals surface area contributed by atoms with E-state index in [0.29, 0.717) is 12.8 Å². The van der Waals surface area contributed by atoms with Gasteiger partial charge >= 0.3 is 0 Å². The highest BCUT2D eigenvalue weighted by atomic mass is 19.1. The predicted molar refractivity (Wildman–Crippen MR) is 114 cm³/mol. The normalized spacial score (nSPS) is 16.0. The minimum Gasteiger partial charge on any atom is -0.513 e. The van der Waals surface area contributed by atoms with Crippen molar-refractivity contribution < 1.29 is 9.50 Å². The van der Waals surface area contributed by atoms with Crippen molar-refractivity contribution in [3.05, 3.63) is 95.4 Å². The van der Waals surface area contributed by atoms with Crippen molar-refractivity contribution in [1.29, 1.82) is 0 Å². The van der Waals surface area contributed by atoms with Gasteiger partial charge in [-0.3, -0.25) is 0 Å². The first-order valence-corrected chi connectivity index (χ1v) is 10.2. The number of aromatic nitrogens is 4. The molecule has 0 aliphatic carbocycles. The lowest BCUT2D eigenvalue weighted by atomic mass is 9.99. The third-order valence-corrected chi connectivity index (χ3v) is 5.98. The van der Waals surface area contributed by atoms with Gasteiger partial charge in [0, 0.05) is 36.0 Å². The Balaban J connectivity index is 1.48. The molecule has 2 aromatic heterocycles. The van der Waals surface area contributed by atoms with E-state index in [1.165, 1.54) is 34.3 Å². The molecule has 0 spiro atoms. The zero-order valence-electron chi connectivity index (χ0n) is 16.6. The Bertz CT molecular complexity index is 1220. The minimum absolute atomic E-state index is 0.189. The highest BCUT2D eigenvalue weighted by Gasteiger charge is 2.27. The third kappa shape index (κ3) is 3.28. The molecule has 5 rings (SSSR count). The van der Waals surface area contributed by atoms with Crippen molar-refractivity contribution in [2.75, 3.05) is 0 Å². The van der Waals surface area contributed by atoms with Crippen molar-refractivity contribution in [3.8, 4) is 0 Å². The lowest BCUT2D eigenvalue weighted by Crippen LogP contribution is -2.25. The van der Waals surface area contributed by atoms with Crippen LogP contribution in [0.25, 0.3) is 10.9 Å². The Hall–Kier alpha value is -3.41. The molecule has 0 saturated carbocycles. The van der Waals surface area contributed by atoms with E-state index in [-0.39, 0.29) is 17.6 Å². The van der Waals surface area contributed by atoms with Gasteiger partial charge < -0.3 is 9.67 Å². The molecule has 0 radical (unpaired) electrons. The maximum atomic E-state index is 13.2. The maximum Gasteiger partial charge on any atom is 0.123 e. The molecule has 152 valence electrons. The van der Waals surface area contributed by atoms with E-state index in [1.807, 2.05) is 16.8 Å². The van der Waals surface area contributed by atoms with Crippen LogP contribution in [-0.2, 0) is 25.8 Å². The molecule has 0 amide bonds. The Kier molecular flexibility index (Phi) is 4.62. The summed E-state index contributed by atoms with van der Waals surface area (Å²) >= 11 is 0. The number of rotatable bonds is 5. The first-order valence-electron chi connectivity index (χ1n) is 10.2. The number of halogens is 1. The second-order valence-electron chi connectivity index (χ2n) is 7.96. The number of aliphatic hydroxyl groups is 1. The van der Waals surface area contributed by atoms with Crippen LogP contribution in [0.3, 0.4) is 0 Å². The summed E-state index contributed by atoms with van der Waals surface area (Å²) in [6.07, 6.45) is 4.79. The van der Waals surface area contributed by atoms with Crippen LogP contribution in [-0.4, -0.2) is 24.7 Å². The Morgan fingerprint density at radius 3 is 2.77 bits per heavy atom. The van der Waals surface area contributed by atoms with Gasteiger partial charge in [-0.25, -0.2) is 9.07 Å². The summed E-state index contributed by atoms with van der Waals surface area (Å²) in [6, 6.07) is 15.1. The number of hydrogen-bond donors (Lipinski definition) is 1. The molecule has 4 aromatic rings. The van der Waals surface area contributed by atoms with E-state index in [4.69, 9.17) is 0 Å². The fourth-order valence-corrected chi connectivity index (χ4v) is 4.64. The van der Waals surface area contributed by atoms with Crippen LogP contribution >= 0.6 is 0 Å². The molecule has 6 heteroatoms. The van der Waals surface area contributed by atoms with E-state index in [2.05, 4.69) is 33.6 Å². The molecule has 0 fully saturated rings. The van der Waals surface area contributed by atoms with Gasteiger partial charge in [0.25, 0.3) is 0 Å². The topological polar surface area (TPSA) is 55.9 Å². The highest BCUT2D eigenvalue weighted by molar-refractivity contribution is 5.86. The van der Waals surface area contributed by atoms with Crippen molar-refractivity contribution >= 4 is 10.9 Å². The Morgan fingerprint density at radius 2 is 1.97 bits per heavy atom. The van der Waals surface area contributed by atoms with Crippen LogP contribution < -0.4 is 0 Å². The first-order chi connectivity index (χ1) is 14.6. The molecule has 5 nitrogen and oxygen atoms in total. The summed E-state index contributed by atoms with van der Waals surface area (Å²) in [6.45, 7) is 4.50. The average Bonchev–Trinajstić information content (AvgIpc) is 3.32. The first kappa shape index (κ1) is 18.6. The van der Waals surface area contributed by atoms with Crippen LogP contribution in [0.5, 0.6) is 0 Å². The predicted octanol–water partition coefficient (Wildman–Crippen LogP) is 4.76. The van der Waals surface area contributed by atoms with Crippen LogP contribution in [0.2, 0.25) is 0 Å². The van der Waals surface area contributed by atoms with E-state index in [0.717, 1.165) is 30.6 Å². The minimum atomic E-state index is -0.231. The molecule has 3 heterocycles. The average molecular weight is 402 g/mol. The van der Waals surface area contributed by atoms with Crippen LogP contribution in [0, 0.1) is 5.82 Å². The number of benzene rings is 2. The second kappa shape index (κ2) is 7.44. The summed E-state index contributed by atoms with van der Waals surface area (Å²) in [4.78, 5) is 0. The quantitative estimate of drug-likeness (QED) is 0.490. The van der Waals surface area contributed by atoms with Crippen LogP contribution in [0.4, 0.5) is 4.39 Å².